The van der Waals surface area contributed by atoms with E-state index in [4.69, 9.17) is 21.1 Å². The van der Waals surface area contributed by atoms with Crippen molar-refractivity contribution in [3.63, 3.8) is 0 Å². The number of benzene rings is 3. The van der Waals surface area contributed by atoms with E-state index >= 15 is 0 Å². The van der Waals surface area contributed by atoms with Crippen LogP contribution in [0.15, 0.2) is 60.7 Å². The number of methoxy groups -OCH3 is 1. The van der Waals surface area contributed by atoms with Crippen molar-refractivity contribution in [3.05, 3.63) is 99.6 Å². The minimum atomic E-state index is -0.767. The van der Waals surface area contributed by atoms with Crippen LogP contribution < -0.4 is 10.1 Å². The third kappa shape index (κ3) is 5.82. The Kier molecular flexibility index (Phi) is 7.43. The van der Waals surface area contributed by atoms with Crippen molar-refractivity contribution >= 4 is 23.5 Å². The third-order valence-electron chi connectivity index (χ3n) is 4.70. The number of nitrogens with one attached hydrogen (secondary N) is 1. The van der Waals surface area contributed by atoms with Gasteiger partial charge in [0, 0.05) is 34.3 Å². The van der Waals surface area contributed by atoms with Gasteiger partial charge in [-0.15, -0.1) is 0 Å². The van der Waals surface area contributed by atoms with Crippen LogP contribution >= 0.6 is 11.6 Å². The van der Waals surface area contributed by atoms with Crippen LogP contribution in [-0.2, 0) is 11.3 Å². The van der Waals surface area contributed by atoms with Crippen molar-refractivity contribution in [1.82, 2.24) is 5.32 Å². The molecule has 32 heavy (non-hydrogen) atoms. The average molecular weight is 460 g/mol. The Hall–Kier alpha value is -3.45. The Morgan fingerprint density at radius 2 is 1.75 bits per heavy atom. The summed E-state index contributed by atoms with van der Waals surface area (Å²) in [6.45, 7) is 1.67. The van der Waals surface area contributed by atoms with E-state index in [0.29, 0.717) is 21.7 Å². The average Bonchev–Trinajstić information content (AvgIpc) is 2.77. The Labute approximate surface area is 188 Å². The summed E-state index contributed by atoms with van der Waals surface area (Å²) in [5, 5.41) is 3.20. The normalized spacial score (nSPS) is 11.5. The van der Waals surface area contributed by atoms with Gasteiger partial charge in [0.2, 0.25) is 0 Å². The first-order chi connectivity index (χ1) is 15.3. The van der Waals surface area contributed by atoms with E-state index < -0.39 is 29.6 Å². The zero-order chi connectivity index (χ0) is 23.3. The summed E-state index contributed by atoms with van der Waals surface area (Å²) in [5.41, 5.74) is 1.80. The zero-order valence-corrected chi connectivity index (χ0v) is 18.1. The first kappa shape index (κ1) is 23.2. The van der Waals surface area contributed by atoms with Crippen molar-refractivity contribution in [2.45, 2.75) is 19.6 Å². The van der Waals surface area contributed by atoms with Gasteiger partial charge in [-0.25, -0.2) is 13.6 Å². The highest BCUT2D eigenvalue weighted by Gasteiger charge is 2.17. The molecule has 3 rings (SSSR count). The van der Waals surface area contributed by atoms with Crippen LogP contribution in [0.4, 0.5) is 8.78 Å². The predicted octanol–water partition coefficient (Wildman–Crippen LogP) is 5.47. The van der Waals surface area contributed by atoms with E-state index in [1.54, 1.807) is 43.3 Å². The van der Waals surface area contributed by atoms with Crippen molar-refractivity contribution in [2.24, 2.45) is 0 Å². The highest BCUT2D eigenvalue weighted by molar-refractivity contribution is 6.31. The van der Waals surface area contributed by atoms with Crippen molar-refractivity contribution < 1.29 is 27.8 Å². The molecular formula is C24H20ClF2NO4. The molecule has 8 heteroatoms. The molecule has 0 aromatic heterocycles. The molecule has 0 saturated carbocycles. The monoisotopic (exact) mass is 459 g/mol. The smallest absolute Gasteiger partial charge is 0.337 e. The maximum Gasteiger partial charge on any atom is 0.337 e. The van der Waals surface area contributed by atoms with Crippen molar-refractivity contribution in [1.29, 1.82) is 0 Å². The second-order valence-electron chi connectivity index (χ2n) is 7.01. The van der Waals surface area contributed by atoms with Crippen LogP contribution in [0.2, 0.25) is 5.02 Å². The van der Waals surface area contributed by atoms with Crippen LogP contribution in [-0.4, -0.2) is 19.0 Å². The molecule has 1 N–H and O–H groups in total. The zero-order valence-electron chi connectivity index (χ0n) is 17.3. The summed E-state index contributed by atoms with van der Waals surface area (Å²) < 4.78 is 37.0. The summed E-state index contributed by atoms with van der Waals surface area (Å²) in [5.74, 6) is -2.44. The number of hydrogen-bond acceptors (Lipinski definition) is 4. The van der Waals surface area contributed by atoms with E-state index in [1.165, 1.54) is 13.2 Å². The van der Waals surface area contributed by atoms with Gasteiger partial charge in [0.05, 0.1) is 18.7 Å². The highest BCUT2D eigenvalue weighted by Crippen LogP contribution is 2.22. The standard InChI is InChI=1S/C24H20ClF2NO4/c1-14(15-4-3-5-16(8-15)24(30)31-2)28-23(29)22-9-18(25)7-6-17(22)13-32-21-11-19(26)10-20(27)12-21/h3-12,14H,13H2,1-2H3,(H,28,29)/t14-/m0/s1. The molecule has 3 aromatic rings. The van der Waals surface area contributed by atoms with Gasteiger partial charge in [-0.3, -0.25) is 4.79 Å². The molecular weight excluding hydrogens is 440 g/mol. The number of esters is 1. The fourth-order valence-electron chi connectivity index (χ4n) is 3.07. The van der Waals surface area contributed by atoms with Gasteiger partial charge in [-0.1, -0.05) is 29.8 Å². The summed E-state index contributed by atoms with van der Waals surface area (Å²) in [4.78, 5) is 24.7. The van der Waals surface area contributed by atoms with E-state index in [1.807, 2.05) is 0 Å². The van der Waals surface area contributed by atoms with Crippen LogP contribution in [0.1, 0.15) is 44.8 Å². The molecule has 0 saturated heterocycles. The number of rotatable bonds is 7. The number of carbonyl (C=O) groups excluding carboxylic acids is 2. The van der Waals surface area contributed by atoms with Crippen LogP contribution in [0.5, 0.6) is 5.75 Å². The van der Waals surface area contributed by atoms with Gasteiger partial charge in [0.25, 0.3) is 5.91 Å². The Morgan fingerprint density at radius 3 is 2.44 bits per heavy atom. The predicted molar refractivity (Wildman–Crippen MR) is 116 cm³/mol. The topological polar surface area (TPSA) is 64.6 Å². The number of carbonyl (C=O) groups is 2. The molecule has 0 bridgehead atoms. The maximum absolute atomic E-state index is 13.4. The number of hydrogen-bond donors (Lipinski definition) is 1. The van der Waals surface area contributed by atoms with Gasteiger partial charge in [0.1, 0.15) is 24.0 Å². The minimum Gasteiger partial charge on any atom is -0.489 e. The summed E-state index contributed by atoms with van der Waals surface area (Å²) >= 11 is 6.07. The van der Waals surface area contributed by atoms with Gasteiger partial charge < -0.3 is 14.8 Å². The summed E-state index contributed by atoms with van der Waals surface area (Å²) in [6, 6.07) is 13.8. The maximum atomic E-state index is 13.4. The lowest BCUT2D eigenvalue weighted by atomic mass is 10.0. The molecule has 0 aliphatic rings. The molecule has 0 heterocycles. The van der Waals surface area contributed by atoms with E-state index in [9.17, 15) is 18.4 Å². The molecule has 5 nitrogen and oxygen atoms in total. The SMILES string of the molecule is COC(=O)c1cccc([C@H](C)NC(=O)c2cc(Cl)ccc2COc2cc(F)cc(F)c2)c1. The van der Waals surface area contributed by atoms with Crippen molar-refractivity contribution in [2.75, 3.05) is 7.11 Å². The molecule has 0 aliphatic heterocycles. The van der Waals surface area contributed by atoms with Gasteiger partial charge in [0.15, 0.2) is 0 Å². The lowest BCUT2D eigenvalue weighted by molar-refractivity contribution is 0.0600. The Balaban J connectivity index is 1.77. The largest absolute Gasteiger partial charge is 0.489 e. The summed E-state index contributed by atoms with van der Waals surface area (Å²) in [6.07, 6.45) is 0. The molecule has 0 fully saturated rings. The van der Waals surface area contributed by atoms with Gasteiger partial charge in [-0.05, 0) is 36.8 Å². The van der Waals surface area contributed by atoms with Crippen molar-refractivity contribution in [3.8, 4) is 5.75 Å². The molecule has 0 unspecified atom stereocenters. The van der Waals surface area contributed by atoms with Crippen LogP contribution in [0.25, 0.3) is 0 Å². The number of amides is 1. The van der Waals surface area contributed by atoms with Crippen LogP contribution in [0.3, 0.4) is 0 Å². The van der Waals surface area contributed by atoms with Crippen LogP contribution in [0, 0.1) is 11.6 Å². The molecule has 0 spiro atoms. The van der Waals surface area contributed by atoms with E-state index in [-0.39, 0.29) is 17.9 Å². The quantitative estimate of drug-likeness (QED) is 0.475. The molecule has 0 radical (unpaired) electrons. The second-order valence-corrected chi connectivity index (χ2v) is 7.44. The molecule has 3 aromatic carbocycles. The molecule has 0 aliphatic carbocycles. The molecule has 1 amide bonds. The minimum absolute atomic E-state index is 0.00296. The molecule has 166 valence electrons. The second kappa shape index (κ2) is 10.2. The van der Waals surface area contributed by atoms with E-state index in [0.717, 1.165) is 18.2 Å². The van der Waals surface area contributed by atoms with E-state index in [2.05, 4.69) is 5.32 Å². The fraction of sp³-hybridized carbons (Fsp3) is 0.167. The first-order valence-corrected chi connectivity index (χ1v) is 10.0. The molecule has 1 atom stereocenters. The number of halogens is 3. The lowest BCUT2D eigenvalue weighted by Gasteiger charge is -2.17. The lowest BCUT2D eigenvalue weighted by Crippen LogP contribution is -2.28. The Bertz CT molecular complexity index is 1130. The first-order valence-electron chi connectivity index (χ1n) is 9.63. The fourth-order valence-corrected chi connectivity index (χ4v) is 3.24. The third-order valence-corrected chi connectivity index (χ3v) is 4.94. The highest BCUT2D eigenvalue weighted by atomic mass is 35.5. The Morgan fingerprint density at radius 1 is 1.03 bits per heavy atom. The number of ether oxygens (including phenoxy) is 2. The van der Waals surface area contributed by atoms with Gasteiger partial charge in [-0.2, -0.15) is 0 Å². The summed E-state index contributed by atoms with van der Waals surface area (Å²) in [7, 11) is 1.29. The van der Waals surface area contributed by atoms with Gasteiger partial charge >= 0.3 is 5.97 Å².